The number of nitrogens with zero attached hydrogens (tertiary/aromatic N) is 1. The standard InChI is InChI=1S/C14H20ClNO2/c1-9(17)11-3-4-14(13(15)7-11)16-6-5-12(8-16)10(2)18/h3-4,7,9-10,12,17-18H,5-6,8H2,1-2H3/t9-,10?,12?/m0/s1. The number of benzene rings is 1. The molecule has 0 saturated carbocycles. The van der Waals surface area contributed by atoms with Gasteiger partial charge in [0.05, 0.1) is 22.9 Å². The smallest absolute Gasteiger partial charge is 0.0762 e. The normalized spacial score (nSPS) is 23.2. The highest BCUT2D eigenvalue weighted by Crippen LogP contribution is 2.33. The van der Waals surface area contributed by atoms with Crippen LogP contribution >= 0.6 is 11.6 Å². The molecule has 0 aromatic heterocycles. The van der Waals surface area contributed by atoms with Crippen molar-refractivity contribution in [1.82, 2.24) is 0 Å². The zero-order valence-electron chi connectivity index (χ0n) is 10.8. The van der Waals surface area contributed by atoms with E-state index >= 15 is 0 Å². The van der Waals surface area contributed by atoms with Gasteiger partial charge in [-0.2, -0.15) is 0 Å². The van der Waals surface area contributed by atoms with Crippen molar-refractivity contribution < 1.29 is 10.2 Å². The van der Waals surface area contributed by atoms with Gasteiger partial charge in [0.15, 0.2) is 0 Å². The predicted molar refractivity (Wildman–Crippen MR) is 74.1 cm³/mol. The van der Waals surface area contributed by atoms with Crippen molar-refractivity contribution in [3.8, 4) is 0 Å². The van der Waals surface area contributed by atoms with Crippen LogP contribution in [0.15, 0.2) is 18.2 Å². The van der Waals surface area contributed by atoms with E-state index in [0.717, 1.165) is 30.8 Å². The SMILES string of the molecule is CC(O)C1CCN(c2ccc([C@H](C)O)cc2Cl)C1. The fourth-order valence-corrected chi connectivity index (χ4v) is 2.75. The first-order valence-electron chi connectivity index (χ1n) is 6.39. The molecule has 0 bridgehead atoms. The molecule has 1 aromatic carbocycles. The number of halogens is 1. The summed E-state index contributed by atoms with van der Waals surface area (Å²) in [6, 6.07) is 5.67. The molecule has 4 heteroatoms. The Labute approximate surface area is 113 Å². The lowest BCUT2D eigenvalue weighted by atomic mass is 10.0. The van der Waals surface area contributed by atoms with Crippen LogP contribution in [0.1, 0.15) is 31.9 Å². The molecule has 1 aliphatic rings. The van der Waals surface area contributed by atoms with Gasteiger partial charge in [-0.1, -0.05) is 17.7 Å². The van der Waals surface area contributed by atoms with Gasteiger partial charge in [0.1, 0.15) is 0 Å². The summed E-state index contributed by atoms with van der Waals surface area (Å²) in [7, 11) is 0. The molecule has 3 nitrogen and oxygen atoms in total. The van der Waals surface area contributed by atoms with E-state index in [2.05, 4.69) is 4.90 Å². The second-order valence-corrected chi connectivity index (χ2v) is 5.53. The topological polar surface area (TPSA) is 43.7 Å². The Kier molecular flexibility index (Phi) is 4.15. The lowest BCUT2D eigenvalue weighted by molar-refractivity contribution is 0.136. The summed E-state index contributed by atoms with van der Waals surface area (Å²) < 4.78 is 0. The van der Waals surface area contributed by atoms with Crippen LogP contribution in [0.5, 0.6) is 0 Å². The quantitative estimate of drug-likeness (QED) is 0.887. The molecule has 1 saturated heterocycles. The van der Waals surface area contributed by atoms with Gasteiger partial charge in [0, 0.05) is 19.0 Å². The molecule has 2 rings (SSSR count). The van der Waals surface area contributed by atoms with E-state index in [1.54, 1.807) is 6.92 Å². The molecule has 1 fully saturated rings. The summed E-state index contributed by atoms with van der Waals surface area (Å²) in [6.07, 6.45) is 0.220. The average Bonchev–Trinajstić information content (AvgIpc) is 2.78. The van der Waals surface area contributed by atoms with Crippen LogP contribution in [0.3, 0.4) is 0 Å². The van der Waals surface area contributed by atoms with Crippen molar-refractivity contribution in [2.45, 2.75) is 32.5 Å². The van der Waals surface area contributed by atoms with Crippen LogP contribution in [-0.2, 0) is 0 Å². The van der Waals surface area contributed by atoms with Crippen molar-refractivity contribution >= 4 is 17.3 Å². The van der Waals surface area contributed by atoms with E-state index in [9.17, 15) is 10.2 Å². The van der Waals surface area contributed by atoms with Gasteiger partial charge in [-0.15, -0.1) is 0 Å². The lowest BCUT2D eigenvalue weighted by Gasteiger charge is -2.21. The second kappa shape index (κ2) is 5.47. The number of aliphatic hydroxyl groups is 2. The Morgan fingerprint density at radius 2 is 2.06 bits per heavy atom. The fraction of sp³-hybridized carbons (Fsp3) is 0.571. The van der Waals surface area contributed by atoms with Crippen molar-refractivity contribution in [2.24, 2.45) is 5.92 Å². The molecule has 0 spiro atoms. The fourth-order valence-electron chi connectivity index (χ4n) is 2.44. The third kappa shape index (κ3) is 2.79. The van der Waals surface area contributed by atoms with Gasteiger partial charge in [-0.25, -0.2) is 0 Å². The molecule has 1 aromatic rings. The van der Waals surface area contributed by atoms with E-state index in [0.29, 0.717) is 10.9 Å². The second-order valence-electron chi connectivity index (χ2n) is 5.12. The third-order valence-corrected chi connectivity index (χ3v) is 4.00. The molecule has 100 valence electrons. The molecule has 18 heavy (non-hydrogen) atoms. The predicted octanol–water partition coefficient (Wildman–Crippen LogP) is 2.60. The van der Waals surface area contributed by atoms with Gasteiger partial charge in [-0.3, -0.25) is 0 Å². The molecule has 2 N–H and O–H groups in total. The van der Waals surface area contributed by atoms with Crippen LogP contribution < -0.4 is 4.90 Å². The summed E-state index contributed by atoms with van der Waals surface area (Å²) in [5, 5.41) is 19.8. The van der Waals surface area contributed by atoms with Gasteiger partial charge >= 0.3 is 0 Å². The minimum absolute atomic E-state index is 0.273. The Bertz CT molecular complexity index is 420. The Morgan fingerprint density at radius 1 is 1.33 bits per heavy atom. The summed E-state index contributed by atoms with van der Waals surface area (Å²) in [6.45, 7) is 5.33. The Hall–Kier alpha value is -0.770. The van der Waals surface area contributed by atoms with Gasteiger partial charge in [0.2, 0.25) is 0 Å². The highest BCUT2D eigenvalue weighted by molar-refractivity contribution is 6.33. The zero-order chi connectivity index (χ0) is 13.3. The van der Waals surface area contributed by atoms with Gasteiger partial charge in [-0.05, 0) is 38.0 Å². The minimum atomic E-state index is -0.500. The number of aliphatic hydroxyl groups excluding tert-OH is 2. The molecule has 2 unspecified atom stereocenters. The maximum Gasteiger partial charge on any atom is 0.0762 e. The van der Waals surface area contributed by atoms with Crippen molar-refractivity contribution in [3.63, 3.8) is 0 Å². The first-order valence-corrected chi connectivity index (χ1v) is 6.77. The number of anilines is 1. The molecule has 3 atom stereocenters. The van der Waals surface area contributed by atoms with Crippen molar-refractivity contribution in [1.29, 1.82) is 0 Å². The van der Waals surface area contributed by atoms with Crippen LogP contribution in [-0.4, -0.2) is 29.4 Å². The third-order valence-electron chi connectivity index (χ3n) is 3.70. The van der Waals surface area contributed by atoms with Crippen LogP contribution in [0.25, 0.3) is 0 Å². The Balaban J connectivity index is 2.15. The molecule has 0 aliphatic carbocycles. The van der Waals surface area contributed by atoms with Crippen LogP contribution in [0.4, 0.5) is 5.69 Å². The average molecular weight is 270 g/mol. The molecule has 0 radical (unpaired) electrons. The van der Waals surface area contributed by atoms with E-state index in [1.165, 1.54) is 0 Å². The van der Waals surface area contributed by atoms with Crippen molar-refractivity contribution in [3.05, 3.63) is 28.8 Å². The first-order chi connectivity index (χ1) is 8.49. The number of hydrogen-bond donors (Lipinski definition) is 2. The molecular formula is C14H20ClNO2. The summed E-state index contributed by atoms with van der Waals surface area (Å²) in [5.74, 6) is 0.317. The Morgan fingerprint density at radius 3 is 2.56 bits per heavy atom. The molecule has 1 heterocycles. The van der Waals surface area contributed by atoms with E-state index < -0.39 is 6.10 Å². The van der Waals surface area contributed by atoms with Crippen molar-refractivity contribution in [2.75, 3.05) is 18.0 Å². The molecular weight excluding hydrogens is 250 g/mol. The first kappa shape index (κ1) is 13.7. The van der Waals surface area contributed by atoms with Gasteiger partial charge < -0.3 is 15.1 Å². The van der Waals surface area contributed by atoms with E-state index in [-0.39, 0.29) is 6.10 Å². The number of hydrogen-bond acceptors (Lipinski definition) is 3. The molecule has 0 amide bonds. The largest absolute Gasteiger partial charge is 0.393 e. The summed E-state index contributed by atoms with van der Waals surface area (Å²) >= 11 is 6.27. The maximum absolute atomic E-state index is 9.61. The lowest BCUT2D eigenvalue weighted by Crippen LogP contribution is -2.24. The van der Waals surface area contributed by atoms with E-state index in [1.807, 2.05) is 25.1 Å². The zero-order valence-corrected chi connectivity index (χ0v) is 11.6. The minimum Gasteiger partial charge on any atom is -0.393 e. The van der Waals surface area contributed by atoms with Gasteiger partial charge in [0.25, 0.3) is 0 Å². The summed E-state index contributed by atoms with van der Waals surface area (Å²) in [4.78, 5) is 2.20. The maximum atomic E-state index is 9.61. The highest BCUT2D eigenvalue weighted by Gasteiger charge is 2.27. The number of rotatable bonds is 3. The highest BCUT2D eigenvalue weighted by atomic mass is 35.5. The monoisotopic (exact) mass is 269 g/mol. The van der Waals surface area contributed by atoms with Crippen LogP contribution in [0.2, 0.25) is 5.02 Å². The van der Waals surface area contributed by atoms with Crippen LogP contribution in [0, 0.1) is 5.92 Å². The summed E-state index contributed by atoms with van der Waals surface area (Å²) in [5.41, 5.74) is 1.82. The molecule has 1 aliphatic heterocycles. The van der Waals surface area contributed by atoms with E-state index in [4.69, 9.17) is 11.6 Å².